The van der Waals surface area contributed by atoms with Crippen molar-refractivity contribution in [2.45, 2.75) is 32.4 Å². The normalized spacial score (nSPS) is 17.8. The molecule has 1 aliphatic heterocycles. The summed E-state index contributed by atoms with van der Waals surface area (Å²) in [5.74, 6) is 1.91. The number of unbranched alkanes of at least 4 members (excludes halogenated alkanes) is 1. The number of nitrogens with zero attached hydrogens (tertiary/aromatic N) is 2. The molecule has 1 aromatic heterocycles. The quantitative estimate of drug-likeness (QED) is 0.422. The minimum atomic E-state index is -0.600. The van der Waals surface area contributed by atoms with Gasteiger partial charge in [-0.2, -0.15) is 11.8 Å². The third kappa shape index (κ3) is 4.63. The molecule has 0 saturated carbocycles. The first-order chi connectivity index (χ1) is 10.6. The summed E-state index contributed by atoms with van der Waals surface area (Å²) in [7, 11) is 0. The minimum Gasteiger partial charge on any atom is -0.442 e. The van der Waals surface area contributed by atoms with E-state index in [9.17, 15) is 14.9 Å². The van der Waals surface area contributed by atoms with Gasteiger partial charge in [0.25, 0.3) is 0 Å². The zero-order chi connectivity index (χ0) is 15.9. The molecule has 1 aliphatic rings. The molecular weight excluding hydrogens is 310 g/mol. The average Bonchev–Trinajstić information content (AvgIpc) is 3.08. The van der Waals surface area contributed by atoms with Crippen molar-refractivity contribution in [3.05, 3.63) is 28.0 Å². The van der Waals surface area contributed by atoms with E-state index in [1.807, 2.05) is 0 Å². The molecule has 2 heterocycles. The van der Waals surface area contributed by atoms with Gasteiger partial charge in [-0.15, -0.1) is 0 Å². The molecule has 22 heavy (non-hydrogen) atoms. The third-order valence-corrected chi connectivity index (χ3v) is 4.28. The van der Waals surface area contributed by atoms with Gasteiger partial charge in [0.1, 0.15) is 16.8 Å². The number of carbonyl (C=O) groups excluding carboxylic acids is 1. The Labute approximate surface area is 132 Å². The van der Waals surface area contributed by atoms with Crippen LogP contribution in [0.5, 0.6) is 0 Å². The van der Waals surface area contributed by atoms with Gasteiger partial charge in [0.2, 0.25) is 0 Å². The van der Waals surface area contributed by atoms with E-state index in [1.165, 1.54) is 17.1 Å². The SMILES string of the molecule is CCCCSCC1CN(NCc2ccc([N+](=O)[O-])o2)C(=O)O1. The molecule has 0 spiro atoms. The molecule has 1 aromatic rings. The van der Waals surface area contributed by atoms with Crippen LogP contribution in [0, 0.1) is 10.1 Å². The Morgan fingerprint density at radius 2 is 2.36 bits per heavy atom. The number of nitrogens with one attached hydrogen (secondary N) is 1. The van der Waals surface area contributed by atoms with Crippen LogP contribution in [-0.2, 0) is 11.3 Å². The Balaban J connectivity index is 1.73. The van der Waals surface area contributed by atoms with E-state index in [1.54, 1.807) is 11.8 Å². The summed E-state index contributed by atoms with van der Waals surface area (Å²) in [6.45, 7) is 2.79. The van der Waals surface area contributed by atoms with Crippen LogP contribution < -0.4 is 5.43 Å². The lowest BCUT2D eigenvalue weighted by Crippen LogP contribution is -2.38. The van der Waals surface area contributed by atoms with E-state index in [4.69, 9.17) is 9.15 Å². The number of thioether (sulfide) groups is 1. The molecular formula is C13H19N3O5S. The van der Waals surface area contributed by atoms with E-state index >= 15 is 0 Å². The van der Waals surface area contributed by atoms with Crippen molar-refractivity contribution < 1.29 is 18.9 Å². The van der Waals surface area contributed by atoms with E-state index in [2.05, 4.69) is 12.3 Å². The number of amides is 1. The van der Waals surface area contributed by atoms with E-state index < -0.39 is 11.0 Å². The number of hydrazine groups is 1. The molecule has 1 atom stereocenters. The highest BCUT2D eigenvalue weighted by molar-refractivity contribution is 7.99. The first-order valence-corrected chi connectivity index (χ1v) is 8.28. The first kappa shape index (κ1) is 16.6. The molecule has 0 radical (unpaired) electrons. The number of ether oxygens (including phenoxy) is 1. The molecule has 0 aromatic carbocycles. The maximum atomic E-state index is 11.7. The summed E-state index contributed by atoms with van der Waals surface area (Å²) < 4.78 is 10.3. The highest BCUT2D eigenvalue weighted by atomic mass is 32.2. The third-order valence-electron chi connectivity index (χ3n) is 3.09. The summed E-state index contributed by atoms with van der Waals surface area (Å²) in [5, 5.41) is 11.9. The Kier molecular flexibility index (Phi) is 6.08. The highest BCUT2D eigenvalue weighted by Crippen LogP contribution is 2.18. The van der Waals surface area contributed by atoms with Gasteiger partial charge in [-0.1, -0.05) is 13.3 Å². The van der Waals surface area contributed by atoms with Crippen molar-refractivity contribution in [3.63, 3.8) is 0 Å². The molecule has 122 valence electrons. The van der Waals surface area contributed by atoms with Crippen molar-refractivity contribution in [2.24, 2.45) is 0 Å². The van der Waals surface area contributed by atoms with Gasteiger partial charge < -0.3 is 9.15 Å². The smallest absolute Gasteiger partial charge is 0.433 e. The molecule has 0 bridgehead atoms. The molecule has 2 rings (SSSR count). The maximum Gasteiger partial charge on any atom is 0.433 e. The molecule has 1 unspecified atom stereocenters. The largest absolute Gasteiger partial charge is 0.442 e. The summed E-state index contributed by atoms with van der Waals surface area (Å²) in [4.78, 5) is 21.6. The monoisotopic (exact) mass is 329 g/mol. The average molecular weight is 329 g/mol. The van der Waals surface area contributed by atoms with Crippen molar-refractivity contribution in [3.8, 4) is 0 Å². The zero-order valence-electron chi connectivity index (χ0n) is 12.3. The fourth-order valence-corrected chi connectivity index (χ4v) is 3.03. The number of rotatable bonds is 9. The molecule has 1 saturated heterocycles. The van der Waals surface area contributed by atoms with E-state index in [-0.39, 0.29) is 18.5 Å². The summed E-state index contributed by atoms with van der Waals surface area (Å²) in [6, 6.07) is 2.79. The first-order valence-electron chi connectivity index (χ1n) is 7.12. The lowest BCUT2D eigenvalue weighted by Gasteiger charge is -2.13. The number of furan rings is 1. The zero-order valence-corrected chi connectivity index (χ0v) is 13.1. The molecule has 9 heteroatoms. The Hall–Kier alpha value is -1.74. The van der Waals surface area contributed by atoms with Crippen molar-refractivity contribution >= 4 is 23.7 Å². The van der Waals surface area contributed by atoms with Gasteiger partial charge in [0.15, 0.2) is 0 Å². The molecule has 1 fully saturated rings. The fraction of sp³-hybridized carbons (Fsp3) is 0.615. The standard InChI is InChI=1S/C13H19N3O5S/c1-2-3-6-22-9-11-8-15(13(17)21-11)14-7-10-4-5-12(20-10)16(18)19/h4-5,11,14H,2-3,6-9H2,1H3. The van der Waals surface area contributed by atoms with Crippen LogP contribution in [0.2, 0.25) is 0 Å². The molecule has 1 N–H and O–H groups in total. The Morgan fingerprint density at radius 1 is 1.55 bits per heavy atom. The topological polar surface area (TPSA) is 97.9 Å². The van der Waals surface area contributed by atoms with Crippen LogP contribution in [0.4, 0.5) is 10.7 Å². The highest BCUT2D eigenvalue weighted by Gasteiger charge is 2.31. The molecule has 1 amide bonds. The Bertz CT molecular complexity index is 522. The van der Waals surface area contributed by atoms with Crippen LogP contribution in [-0.4, -0.2) is 40.2 Å². The lowest BCUT2D eigenvalue weighted by atomic mass is 10.4. The Morgan fingerprint density at radius 3 is 3.05 bits per heavy atom. The van der Waals surface area contributed by atoms with Crippen LogP contribution in [0.1, 0.15) is 25.5 Å². The number of carbonyl (C=O) groups is 1. The predicted octanol–water partition coefficient (Wildman–Crippen LogP) is 2.55. The number of nitro groups is 1. The summed E-state index contributed by atoms with van der Waals surface area (Å²) in [6.07, 6.45) is 1.75. The number of hydrogen-bond acceptors (Lipinski definition) is 7. The van der Waals surface area contributed by atoms with Gasteiger partial charge in [-0.05, 0) is 18.2 Å². The van der Waals surface area contributed by atoms with Crippen molar-refractivity contribution in [2.75, 3.05) is 18.1 Å². The van der Waals surface area contributed by atoms with E-state index in [0.29, 0.717) is 12.3 Å². The fourth-order valence-electron chi connectivity index (χ4n) is 1.93. The van der Waals surface area contributed by atoms with Crippen LogP contribution >= 0.6 is 11.8 Å². The second kappa shape index (κ2) is 8.04. The molecule has 0 aliphatic carbocycles. The number of cyclic esters (lactones) is 1. The second-order valence-corrected chi connectivity index (χ2v) is 6.03. The van der Waals surface area contributed by atoms with Crippen LogP contribution in [0.3, 0.4) is 0 Å². The maximum absolute atomic E-state index is 11.7. The van der Waals surface area contributed by atoms with Crippen LogP contribution in [0.15, 0.2) is 16.5 Å². The molecule has 8 nitrogen and oxygen atoms in total. The lowest BCUT2D eigenvalue weighted by molar-refractivity contribution is -0.402. The van der Waals surface area contributed by atoms with Gasteiger partial charge >= 0.3 is 12.0 Å². The van der Waals surface area contributed by atoms with Gasteiger partial charge in [-0.3, -0.25) is 10.1 Å². The van der Waals surface area contributed by atoms with Crippen LogP contribution in [0.25, 0.3) is 0 Å². The van der Waals surface area contributed by atoms with Crippen molar-refractivity contribution in [1.82, 2.24) is 10.4 Å². The van der Waals surface area contributed by atoms with E-state index in [0.717, 1.165) is 24.3 Å². The summed E-state index contributed by atoms with van der Waals surface area (Å²) in [5.41, 5.74) is 2.86. The van der Waals surface area contributed by atoms with Gasteiger partial charge in [-0.25, -0.2) is 15.2 Å². The van der Waals surface area contributed by atoms with Gasteiger partial charge in [0.05, 0.1) is 19.2 Å². The summed E-state index contributed by atoms with van der Waals surface area (Å²) >= 11 is 1.78. The predicted molar refractivity (Wildman–Crippen MR) is 81.4 cm³/mol. The minimum absolute atomic E-state index is 0.132. The number of hydrogen-bond donors (Lipinski definition) is 1. The van der Waals surface area contributed by atoms with Crippen molar-refractivity contribution in [1.29, 1.82) is 0 Å². The second-order valence-electron chi connectivity index (χ2n) is 4.88. The van der Waals surface area contributed by atoms with Gasteiger partial charge in [0, 0.05) is 5.75 Å².